The van der Waals surface area contributed by atoms with Crippen molar-refractivity contribution >= 4 is 12.1 Å². The fourth-order valence-electron chi connectivity index (χ4n) is 7.04. The highest BCUT2D eigenvalue weighted by Gasteiger charge is 2.64. The van der Waals surface area contributed by atoms with E-state index in [9.17, 15) is 14.7 Å². The number of carbonyl (C=O) groups is 2. The molecule has 3 aliphatic heterocycles. The lowest BCUT2D eigenvalue weighted by atomic mass is 9.53. The molecule has 6 rings (SSSR count). The molecule has 0 radical (unpaired) electrons. The molecule has 8 nitrogen and oxygen atoms in total. The van der Waals surface area contributed by atoms with E-state index in [0.29, 0.717) is 43.7 Å². The second-order valence-corrected chi connectivity index (χ2v) is 10.1. The van der Waals surface area contributed by atoms with Crippen molar-refractivity contribution in [3.05, 3.63) is 35.1 Å². The number of methoxy groups -OCH3 is 1. The highest BCUT2D eigenvalue weighted by atomic mass is 16.6. The van der Waals surface area contributed by atoms with E-state index in [1.807, 2.05) is 12.1 Å². The van der Waals surface area contributed by atoms with Gasteiger partial charge >= 0.3 is 12.1 Å². The number of amides is 1. The first-order valence-electron chi connectivity index (χ1n) is 11.9. The zero-order valence-corrected chi connectivity index (χ0v) is 19.1. The Bertz CT molecular complexity index is 1050. The molecule has 1 amide bonds. The SMILES string of the molecule is COc1ccc2c3c1OC1C(OC(=O)N4CCC(C(=O)O)CC4)=CC[C@H]4[C@@H](C2)N(C)CC[C@]314. The summed E-state index contributed by atoms with van der Waals surface area (Å²) in [5.41, 5.74) is 2.35. The highest BCUT2D eigenvalue weighted by Crippen LogP contribution is 2.63. The van der Waals surface area contributed by atoms with Crippen molar-refractivity contribution in [1.29, 1.82) is 0 Å². The van der Waals surface area contributed by atoms with Gasteiger partial charge in [0.05, 0.1) is 13.0 Å². The van der Waals surface area contributed by atoms with E-state index < -0.39 is 12.1 Å². The molecule has 1 N–H and O–H groups in total. The average molecular weight is 455 g/mol. The maximum atomic E-state index is 13.0. The summed E-state index contributed by atoms with van der Waals surface area (Å²) >= 11 is 0. The smallest absolute Gasteiger partial charge is 0.415 e. The number of rotatable bonds is 3. The number of ether oxygens (including phenoxy) is 3. The van der Waals surface area contributed by atoms with Crippen molar-refractivity contribution in [2.45, 2.75) is 49.7 Å². The van der Waals surface area contributed by atoms with Gasteiger partial charge in [-0.15, -0.1) is 0 Å². The Morgan fingerprint density at radius 3 is 2.73 bits per heavy atom. The van der Waals surface area contributed by atoms with Gasteiger partial charge in [0.1, 0.15) is 5.76 Å². The van der Waals surface area contributed by atoms with Crippen LogP contribution in [0, 0.1) is 11.8 Å². The number of likely N-dealkylation sites (N-methyl/N-ethyl adjacent to an activating group) is 1. The number of aliphatic carboxylic acids is 1. The maximum absolute atomic E-state index is 13.0. The molecule has 8 heteroatoms. The molecule has 5 aliphatic rings. The predicted octanol–water partition coefficient (Wildman–Crippen LogP) is 2.79. The summed E-state index contributed by atoms with van der Waals surface area (Å²) in [5.74, 6) is 1.34. The number of nitrogens with zero attached hydrogens (tertiary/aromatic N) is 2. The number of hydrogen-bond donors (Lipinski definition) is 1. The Balaban J connectivity index is 1.32. The lowest BCUT2D eigenvalue weighted by Gasteiger charge is -2.56. The van der Waals surface area contributed by atoms with Crippen LogP contribution in [-0.2, 0) is 21.4 Å². The molecule has 0 aromatic heterocycles. The molecule has 1 aromatic carbocycles. The summed E-state index contributed by atoms with van der Waals surface area (Å²) in [5, 5.41) is 9.24. The number of benzene rings is 1. The van der Waals surface area contributed by atoms with Crippen LogP contribution >= 0.6 is 0 Å². The van der Waals surface area contributed by atoms with Gasteiger partial charge in [-0.05, 0) is 69.3 Å². The van der Waals surface area contributed by atoms with Crippen molar-refractivity contribution in [3.8, 4) is 11.5 Å². The van der Waals surface area contributed by atoms with E-state index >= 15 is 0 Å². The molecule has 1 aromatic rings. The molecular formula is C25H30N2O6. The van der Waals surface area contributed by atoms with Gasteiger partial charge in [-0.1, -0.05) is 6.07 Å². The van der Waals surface area contributed by atoms with E-state index in [-0.39, 0.29) is 17.4 Å². The van der Waals surface area contributed by atoms with E-state index in [0.717, 1.165) is 37.3 Å². The van der Waals surface area contributed by atoms with Gasteiger partial charge < -0.3 is 29.1 Å². The van der Waals surface area contributed by atoms with E-state index in [1.54, 1.807) is 12.0 Å². The first-order chi connectivity index (χ1) is 15.9. The Morgan fingerprint density at radius 1 is 1.21 bits per heavy atom. The third-order valence-corrected chi connectivity index (χ3v) is 8.74. The van der Waals surface area contributed by atoms with Crippen molar-refractivity contribution < 1.29 is 28.9 Å². The molecule has 0 saturated carbocycles. The van der Waals surface area contributed by atoms with Gasteiger partial charge in [-0.25, -0.2) is 4.79 Å². The summed E-state index contributed by atoms with van der Waals surface area (Å²) in [6.07, 6.45) is 4.98. The third-order valence-electron chi connectivity index (χ3n) is 8.74. The second kappa shape index (κ2) is 7.38. The van der Waals surface area contributed by atoms with Crippen LogP contribution in [0.2, 0.25) is 0 Å². The van der Waals surface area contributed by atoms with Gasteiger partial charge in [0.25, 0.3) is 0 Å². The lowest BCUT2D eigenvalue weighted by Crippen LogP contribution is -2.63. The molecule has 1 unspecified atom stereocenters. The van der Waals surface area contributed by atoms with Crippen LogP contribution in [-0.4, -0.2) is 72.9 Å². The van der Waals surface area contributed by atoms with Crippen LogP contribution in [0.15, 0.2) is 24.0 Å². The largest absolute Gasteiger partial charge is 0.493 e. The summed E-state index contributed by atoms with van der Waals surface area (Å²) in [6, 6.07) is 4.59. The van der Waals surface area contributed by atoms with Gasteiger partial charge in [-0.3, -0.25) is 4.79 Å². The summed E-state index contributed by atoms with van der Waals surface area (Å²) in [7, 11) is 3.87. The van der Waals surface area contributed by atoms with Crippen LogP contribution in [0.25, 0.3) is 0 Å². The van der Waals surface area contributed by atoms with Crippen LogP contribution in [0.5, 0.6) is 11.5 Å². The zero-order valence-electron chi connectivity index (χ0n) is 19.1. The van der Waals surface area contributed by atoms with Crippen molar-refractivity contribution in [2.24, 2.45) is 11.8 Å². The monoisotopic (exact) mass is 454 g/mol. The molecule has 1 spiro atoms. The number of carboxylic acids is 1. The Kier molecular flexibility index (Phi) is 4.66. The summed E-state index contributed by atoms with van der Waals surface area (Å²) in [4.78, 5) is 28.4. The molecule has 4 atom stereocenters. The minimum Gasteiger partial charge on any atom is -0.493 e. The molecule has 3 heterocycles. The predicted molar refractivity (Wildman–Crippen MR) is 118 cm³/mol. The molecule has 33 heavy (non-hydrogen) atoms. The minimum absolute atomic E-state index is 0.213. The molecule has 2 bridgehead atoms. The Morgan fingerprint density at radius 2 is 2.00 bits per heavy atom. The van der Waals surface area contributed by atoms with Gasteiger partial charge in [0, 0.05) is 30.1 Å². The average Bonchev–Trinajstić information content (AvgIpc) is 3.17. The van der Waals surface area contributed by atoms with Crippen molar-refractivity contribution in [2.75, 3.05) is 33.8 Å². The third kappa shape index (κ3) is 2.86. The fraction of sp³-hybridized carbons (Fsp3) is 0.600. The maximum Gasteiger partial charge on any atom is 0.415 e. The number of piperidine rings is 2. The zero-order chi connectivity index (χ0) is 22.9. The summed E-state index contributed by atoms with van der Waals surface area (Å²) in [6.45, 7) is 1.77. The van der Waals surface area contributed by atoms with Gasteiger partial charge in [0.2, 0.25) is 0 Å². The van der Waals surface area contributed by atoms with E-state index in [4.69, 9.17) is 14.2 Å². The van der Waals surface area contributed by atoms with Crippen LogP contribution in [0.4, 0.5) is 4.79 Å². The Labute approximate surface area is 193 Å². The fourth-order valence-corrected chi connectivity index (χ4v) is 7.04. The Hall–Kier alpha value is -2.74. The molecule has 2 aliphatic carbocycles. The second-order valence-electron chi connectivity index (χ2n) is 10.1. The standard InChI is InChI=1S/C25H30N2O6/c1-26-12-9-25-16-4-6-19(32-24(30)27-10-7-14(8-11-27)23(28)29)22(25)33-21-18(31-2)5-3-15(20(21)25)13-17(16)26/h3,5-6,14,16-17,22H,4,7-13H2,1-2H3,(H,28,29)/t16-,17+,22?,25-/m0/s1. The quantitative estimate of drug-likeness (QED) is 0.751. The first-order valence-corrected chi connectivity index (χ1v) is 11.9. The highest BCUT2D eigenvalue weighted by molar-refractivity contribution is 5.72. The van der Waals surface area contributed by atoms with E-state index in [2.05, 4.69) is 18.0 Å². The summed E-state index contributed by atoms with van der Waals surface area (Å²) < 4.78 is 18.2. The molecule has 2 fully saturated rings. The van der Waals surface area contributed by atoms with Crippen molar-refractivity contribution in [1.82, 2.24) is 9.80 Å². The van der Waals surface area contributed by atoms with E-state index in [1.165, 1.54) is 11.1 Å². The van der Waals surface area contributed by atoms with Crippen LogP contribution in [0.3, 0.4) is 0 Å². The van der Waals surface area contributed by atoms with Gasteiger partial charge in [-0.2, -0.15) is 0 Å². The van der Waals surface area contributed by atoms with Crippen LogP contribution < -0.4 is 9.47 Å². The topological polar surface area (TPSA) is 88.5 Å². The number of hydrogen-bond acceptors (Lipinski definition) is 6. The molecular weight excluding hydrogens is 424 g/mol. The minimum atomic E-state index is -0.792. The number of likely N-dealkylation sites (tertiary alicyclic amines) is 2. The molecule has 2 saturated heterocycles. The first kappa shape index (κ1) is 20.8. The number of carboxylic acid groups (broad SMARTS) is 1. The lowest BCUT2D eigenvalue weighted by molar-refractivity contribution is -0.143. The normalized spacial score (nSPS) is 32.5. The van der Waals surface area contributed by atoms with Crippen molar-refractivity contribution in [3.63, 3.8) is 0 Å². The number of carbonyl (C=O) groups excluding carboxylic acids is 1. The van der Waals surface area contributed by atoms with Crippen LogP contribution in [0.1, 0.15) is 36.8 Å². The number of allylic oxidation sites excluding steroid dienone is 1. The molecule has 176 valence electrons. The van der Waals surface area contributed by atoms with Gasteiger partial charge in [0.15, 0.2) is 17.6 Å².